The van der Waals surface area contributed by atoms with Gasteiger partial charge in [0.25, 0.3) is 0 Å². The minimum atomic E-state index is -1.06. The van der Waals surface area contributed by atoms with Gasteiger partial charge >= 0.3 is 11.9 Å². The summed E-state index contributed by atoms with van der Waals surface area (Å²) in [4.78, 5) is 23.7. The van der Waals surface area contributed by atoms with E-state index >= 15 is 0 Å². The second kappa shape index (κ2) is 6.87. The molecule has 0 amide bonds. The number of carboxylic acid groups (broad SMARTS) is 1. The van der Waals surface area contributed by atoms with Crippen LogP contribution >= 0.6 is 0 Å². The normalized spacial score (nSPS) is 16.3. The molecule has 2 aromatic carbocycles. The van der Waals surface area contributed by atoms with Gasteiger partial charge < -0.3 is 9.84 Å². The van der Waals surface area contributed by atoms with Gasteiger partial charge in [0.2, 0.25) is 0 Å². The number of ether oxygens (including phenoxy) is 1. The minimum Gasteiger partial charge on any atom is -0.478 e. The highest BCUT2D eigenvalue weighted by molar-refractivity contribution is 5.94. The fourth-order valence-corrected chi connectivity index (χ4v) is 3.33. The van der Waals surface area contributed by atoms with Crippen LogP contribution in [0.25, 0.3) is 0 Å². The number of aromatic carboxylic acids is 1. The van der Waals surface area contributed by atoms with Crippen molar-refractivity contribution in [1.29, 1.82) is 0 Å². The van der Waals surface area contributed by atoms with Crippen LogP contribution in [0.4, 0.5) is 0 Å². The van der Waals surface area contributed by atoms with Crippen molar-refractivity contribution in [3.05, 3.63) is 71.3 Å². The van der Waals surface area contributed by atoms with Gasteiger partial charge in [0.15, 0.2) is 0 Å². The van der Waals surface area contributed by atoms with Gasteiger partial charge in [-0.1, -0.05) is 42.8 Å². The van der Waals surface area contributed by atoms with Gasteiger partial charge in [-0.2, -0.15) is 0 Å². The number of benzene rings is 2. The Morgan fingerprint density at radius 2 is 1.54 bits per heavy atom. The Morgan fingerprint density at radius 1 is 0.875 bits per heavy atom. The zero-order chi connectivity index (χ0) is 17.0. The molecule has 124 valence electrons. The maximum Gasteiger partial charge on any atom is 0.339 e. The number of esters is 1. The summed E-state index contributed by atoms with van der Waals surface area (Å²) >= 11 is 0. The minimum absolute atomic E-state index is 0.0851. The Hall–Kier alpha value is -2.62. The van der Waals surface area contributed by atoms with Crippen LogP contribution in [0.2, 0.25) is 0 Å². The number of hydrogen-bond donors (Lipinski definition) is 1. The van der Waals surface area contributed by atoms with E-state index in [4.69, 9.17) is 9.84 Å². The molecule has 4 nitrogen and oxygen atoms in total. The number of carbonyl (C=O) groups is 2. The first-order valence-electron chi connectivity index (χ1n) is 8.23. The van der Waals surface area contributed by atoms with Gasteiger partial charge in [-0.05, 0) is 49.4 Å². The van der Waals surface area contributed by atoms with E-state index in [0.29, 0.717) is 0 Å². The Kier molecular flexibility index (Phi) is 4.65. The van der Waals surface area contributed by atoms with Crippen molar-refractivity contribution in [2.24, 2.45) is 0 Å². The molecule has 1 aliphatic carbocycles. The Labute approximate surface area is 141 Å². The van der Waals surface area contributed by atoms with Crippen LogP contribution in [-0.4, -0.2) is 17.0 Å². The summed E-state index contributed by atoms with van der Waals surface area (Å²) in [5.74, 6) is -1.52. The summed E-state index contributed by atoms with van der Waals surface area (Å²) in [5.41, 5.74) is 0.751. The molecule has 2 aromatic rings. The molecule has 3 rings (SSSR count). The van der Waals surface area contributed by atoms with Gasteiger partial charge in [-0.3, -0.25) is 0 Å². The summed E-state index contributed by atoms with van der Waals surface area (Å²) < 4.78 is 5.95. The molecule has 0 aromatic heterocycles. The summed E-state index contributed by atoms with van der Waals surface area (Å²) in [6.45, 7) is 0. The van der Waals surface area contributed by atoms with Crippen LogP contribution in [-0.2, 0) is 10.3 Å². The smallest absolute Gasteiger partial charge is 0.339 e. The predicted octanol–water partition coefficient (Wildman–Crippen LogP) is 4.40. The van der Waals surface area contributed by atoms with E-state index < -0.39 is 17.5 Å². The van der Waals surface area contributed by atoms with E-state index in [2.05, 4.69) is 0 Å². The molecule has 24 heavy (non-hydrogen) atoms. The summed E-state index contributed by atoms with van der Waals surface area (Å²) in [6.07, 6.45) is 4.75. The zero-order valence-corrected chi connectivity index (χ0v) is 13.4. The Balaban J connectivity index is 1.89. The van der Waals surface area contributed by atoms with Crippen molar-refractivity contribution >= 4 is 11.9 Å². The monoisotopic (exact) mass is 324 g/mol. The number of rotatable bonds is 4. The van der Waals surface area contributed by atoms with Crippen molar-refractivity contribution in [2.45, 2.75) is 37.7 Å². The van der Waals surface area contributed by atoms with E-state index in [1.807, 2.05) is 30.3 Å². The van der Waals surface area contributed by atoms with Gasteiger partial charge in [0.05, 0.1) is 11.1 Å². The quantitative estimate of drug-likeness (QED) is 0.847. The second-order valence-corrected chi connectivity index (χ2v) is 6.20. The molecular weight excluding hydrogens is 304 g/mol. The highest BCUT2D eigenvalue weighted by atomic mass is 16.6. The largest absolute Gasteiger partial charge is 0.478 e. The van der Waals surface area contributed by atoms with Gasteiger partial charge in [0, 0.05) is 0 Å². The predicted molar refractivity (Wildman–Crippen MR) is 90.0 cm³/mol. The van der Waals surface area contributed by atoms with Crippen LogP contribution in [0.15, 0.2) is 54.6 Å². The van der Waals surface area contributed by atoms with Crippen molar-refractivity contribution in [1.82, 2.24) is 0 Å². The first-order valence-corrected chi connectivity index (χ1v) is 8.23. The molecule has 0 radical (unpaired) electrons. The molecule has 1 fully saturated rings. The molecule has 1 aliphatic rings. The third kappa shape index (κ3) is 3.32. The average Bonchev–Trinajstić information content (AvgIpc) is 2.63. The van der Waals surface area contributed by atoms with Crippen LogP contribution < -0.4 is 0 Å². The number of carbonyl (C=O) groups excluding carboxylic acids is 1. The molecule has 0 aliphatic heterocycles. The first-order chi connectivity index (χ1) is 11.6. The first kappa shape index (κ1) is 16.2. The summed E-state index contributed by atoms with van der Waals surface area (Å²) in [7, 11) is 0. The van der Waals surface area contributed by atoms with Gasteiger partial charge in [0.1, 0.15) is 5.60 Å². The Bertz CT molecular complexity index is 730. The molecule has 0 bridgehead atoms. The lowest BCUT2D eigenvalue weighted by molar-refractivity contribution is -0.0416. The fraction of sp³-hybridized carbons (Fsp3) is 0.300. The van der Waals surface area contributed by atoms with E-state index in [1.165, 1.54) is 12.1 Å². The van der Waals surface area contributed by atoms with E-state index in [1.54, 1.807) is 12.1 Å². The second-order valence-electron chi connectivity index (χ2n) is 6.20. The van der Waals surface area contributed by atoms with Crippen molar-refractivity contribution < 1.29 is 19.4 Å². The topological polar surface area (TPSA) is 63.6 Å². The van der Waals surface area contributed by atoms with E-state index in [-0.39, 0.29) is 11.1 Å². The molecule has 4 heteroatoms. The molecule has 0 heterocycles. The molecule has 0 saturated heterocycles. The Morgan fingerprint density at radius 3 is 2.21 bits per heavy atom. The van der Waals surface area contributed by atoms with Crippen LogP contribution in [0.3, 0.4) is 0 Å². The zero-order valence-electron chi connectivity index (χ0n) is 13.4. The summed E-state index contributed by atoms with van der Waals surface area (Å²) in [6, 6.07) is 15.8. The molecule has 0 atom stereocenters. The van der Waals surface area contributed by atoms with Gasteiger partial charge in [-0.15, -0.1) is 0 Å². The maximum atomic E-state index is 12.7. The third-order valence-electron chi connectivity index (χ3n) is 4.59. The van der Waals surface area contributed by atoms with E-state index in [9.17, 15) is 9.59 Å². The van der Waals surface area contributed by atoms with Crippen molar-refractivity contribution in [3.8, 4) is 0 Å². The van der Waals surface area contributed by atoms with Crippen LogP contribution in [0.5, 0.6) is 0 Å². The molecule has 0 spiro atoms. The molecule has 1 N–H and O–H groups in total. The third-order valence-corrected chi connectivity index (χ3v) is 4.59. The average molecular weight is 324 g/mol. The number of hydrogen-bond acceptors (Lipinski definition) is 3. The fourth-order valence-electron chi connectivity index (χ4n) is 3.33. The molecule has 0 unspecified atom stereocenters. The highest BCUT2D eigenvalue weighted by Crippen LogP contribution is 2.41. The molecule has 1 saturated carbocycles. The number of carboxylic acids is 1. The van der Waals surface area contributed by atoms with Gasteiger partial charge in [-0.25, -0.2) is 9.59 Å². The van der Waals surface area contributed by atoms with Crippen molar-refractivity contribution in [2.75, 3.05) is 0 Å². The van der Waals surface area contributed by atoms with E-state index in [0.717, 1.165) is 37.7 Å². The lowest BCUT2D eigenvalue weighted by atomic mass is 9.79. The van der Waals surface area contributed by atoms with Crippen LogP contribution in [0.1, 0.15) is 58.4 Å². The SMILES string of the molecule is O=C(O)c1cccc(C(=O)OC2(c3ccccc3)CCCCC2)c1. The lowest BCUT2D eigenvalue weighted by Gasteiger charge is -2.37. The standard InChI is InChI=1S/C20H20O4/c21-18(22)15-8-7-9-16(14-15)19(23)24-20(12-5-2-6-13-20)17-10-3-1-4-11-17/h1,3-4,7-11,14H,2,5-6,12-13H2,(H,21,22). The summed E-state index contributed by atoms with van der Waals surface area (Å²) in [5, 5.41) is 9.09. The highest BCUT2D eigenvalue weighted by Gasteiger charge is 2.38. The van der Waals surface area contributed by atoms with Crippen LogP contribution in [0, 0.1) is 0 Å². The lowest BCUT2D eigenvalue weighted by Crippen LogP contribution is -2.34. The molecular formula is C20H20O4. The van der Waals surface area contributed by atoms with Crippen molar-refractivity contribution in [3.63, 3.8) is 0 Å². The maximum absolute atomic E-state index is 12.7.